The van der Waals surface area contributed by atoms with Crippen molar-refractivity contribution in [3.8, 4) is 0 Å². The third kappa shape index (κ3) is 4.16. The highest BCUT2D eigenvalue weighted by Gasteiger charge is 2.12. The first-order valence-electron chi connectivity index (χ1n) is 6.04. The molecule has 0 aliphatic rings. The Labute approximate surface area is 118 Å². The molecular weight excluding hydrogens is 271 g/mol. The van der Waals surface area contributed by atoms with Crippen molar-refractivity contribution in [1.29, 1.82) is 0 Å². The highest BCUT2D eigenvalue weighted by atomic mass is 35.5. The Balaban J connectivity index is 2.53. The molecule has 5 heteroatoms. The number of benzene rings is 1. The summed E-state index contributed by atoms with van der Waals surface area (Å²) in [4.78, 5) is 14.1. The Bertz CT molecular complexity index is 406. The summed E-state index contributed by atoms with van der Waals surface area (Å²) >= 11 is 11.8. The van der Waals surface area contributed by atoms with Crippen LogP contribution >= 0.6 is 23.2 Å². The number of nitrogens with zero attached hydrogens (tertiary/aromatic N) is 1. The van der Waals surface area contributed by atoms with Crippen LogP contribution in [0.25, 0.3) is 0 Å². The van der Waals surface area contributed by atoms with E-state index in [2.05, 4.69) is 24.1 Å². The average Bonchev–Trinajstić information content (AvgIpc) is 2.37. The van der Waals surface area contributed by atoms with E-state index in [0.717, 1.165) is 19.6 Å². The fourth-order valence-corrected chi connectivity index (χ4v) is 2.03. The molecule has 0 atom stereocenters. The summed E-state index contributed by atoms with van der Waals surface area (Å²) < 4.78 is 0. The number of nitrogens with one attached hydrogen (secondary N) is 1. The molecule has 1 N–H and O–H groups in total. The zero-order valence-corrected chi connectivity index (χ0v) is 12.2. The first-order valence-corrected chi connectivity index (χ1v) is 6.80. The van der Waals surface area contributed by atoms with E-state index < -0.39 is 0 Å². The maximum Gasteiger partial charge on any atom is 0.252 e. The van der Waals surface area contributed by atoms with E-state index in [0.29, 0.717) is 22.2 Å². The van der Waals surface area contributed by atoms with Crippen LogP contribution in [0.15, 0.2) is 18.2 Å². The zero-order valence-electron chi connectivity index (χ0n) is 10.7. The molecule has 0 saturated carbocycles. The molecule has 18 heavy (non-hydrogen) atoms. The van der Waals surface area contributed by atoms with E-state index in [1.54, 1.807) is 18.2 Å². The quantitative estimate of drug-likeness (QED) is 0.873. The summed E-state index contributed by atoms with van der Waals surface area (Å²) in [5.41, 5.74) is 0.420. The number of hydrogen-bond donors (Lipinski definition) is 1. The van der Waals surface area contributed by atoms with Crippen molar-refractivity contribution in [3.63, 3.8) is 0 Å². The van der Waals surface area contributed by atoms with E-state index in [-0.39, 0.29) is 5.91 Å². The standard InChI is InChI=1S/C13H18Cl2N2O/c1-3-17(4-2)9-8-16-13(18)10-6-5-7-11(14)12(10)15/h5-7H,3-4,8-9H2,1-2H3,(H,16,18). The summed E-state index contributed by atoms with van der Waals surface area (Å²) in [5, 5.41) is 3.54. The molecule has 1 aromatic rings. The smallest absolute Gasteiger partial charge is 0.252 e. The monoisotopic (exact) mass is 288 g/mol. The van der Waals surface area contributed by atoms with Crippen LogP contribution < -0.4 is 5.32 Å². The number of rotatable bonds is 6. The molecule has 1 rings (SSSR count). The molecule has 0 aromatic heterocycles. The Kier molecular flexibility index (Phi) is 6.47. The van der Waals surface area contributed by atoms with Crippen LogP contribution in [0.4, 0.5) is 0 Å². The molecule has 0 aliphatic carbocycles. The average molecular weight is 289 g/mol. The predicted molar refractivity (Wildman–Crippen MR) is 76.6 cm³/mol. The van der Waals surface area contributed by atoms with Crippen LogP contribution in [0.2, 0.25) is 10.0 Å². The second-order valence-electron chi connectivity index (χ2n) is 3.88. The van der Waals surface area contributed by atoms with E-state index in [1.165, 1.54) is 0 Å². The Morgan fingerprint density at radius 2 is 1.94 bits per heavy atom. The molecule has 0 bridgehead atoms. The summed E-state index contributed by atoms with van der Waals surface area (Å²) in [5.74, 6) is -0.186. The van der Waals surface area contributed by atoms with Crippen LogP contribution in [-0.2, 0) is 0 Å². The highest BCUT2D eigenvalue weighted by molar-refractivity contribution is 6.43. The van der Waals surface area contributed by atoms with Gasteiger partial charge in [0, 0.05) is 13.1 Å². The molecule has 0 aliphatic heterocycles. The van der Waals surface area contributed by atoms with Gasteiger partial charge >= 0.3 is 0 Å². The fraction of sp³-hybridized carbons (Fsp3) is 0.462. The maximum absolute atomic E-state index is 11.9. The second kappa shape index (κ2) is 7.62. The minimum Gasteiger partial charge on any atom is -0.351 e. The minimum absolute atomic E-state index is 0.186. The lowest BCUT2D eigenvalue weighted by atomic mass is 10.2. The SMILES string of the molecule is CCN(CC)CCNC(=O)c1cccc(Cl)c1Cl. The van der Waals surface area contributed by atoms with Gasteiger partial charge in [0.15, 0.2) is 0 Å². The van der Waals surface area contributed by atoms with Gasteiger partial charge in [-0.05, 0) is 25.2 Å². The first-order chi connectivity index (χ1) is 8.60. The molecule has 1 amide bonds. The summed E-state index contributed by atoms with van der Waals surface area (Å²) in [6.07, 6.45) is 0. The van der Waals surface area contributed by atoms with Crippen LogP contribution in [-0.4, -0.2) is 37.0 Å². The Morgan fingerprint density at radius 3 is 2.56 bits per heavy atom. The van der Waals surface area contributed by atoms with E-state index in [9.17, 15) is 4.79 Å². The molecule has 0 radical (unpaired) electrons. The lowest BCUT2D eigenvalue weighted by Gasteiger charge is -2.18. The van der Waals surface area contributed by atoms with Crippen molar-refractivity contribution in [2.75, 3.05) is 26.2 Å². The summed E-state index contributed by atoms with van der Waals surface area (Å²) in [6, 6.07) is 5.05. The molecule has 0 heterocycles. The minimum atomic E-state index is -0.186. The van der Waals surface area contributed by atoms with E-state index in [4.69, 9.17) is 23.2 Å². The van der Waals surface area contributed by atoms with Gasteiger partial charge < -0.3 is 10.2 Å². The number of hydrogen-bond acceptors (Lipinski definition) is 2. The normalized spacial score (nSPS) is 10.7. The predicted octanol–water partition coefficient (Wildman–Crippen LogP) is 3.07. The van der Waals surface area contributed by atoms with Crippen LogP contribution in [0.3, 0.4) is 0 Å². The topological polar surface area (TPSA) is 32.3 Å². The van der Waals surface area contributed by atoms with Crippen molar-refractivity contribution < 1.29 is 4.79 Å². The van der Waals surface area contributed by atoms with Crippen molar-refractivity contribution >= 4 is 29.1 Å². The lowest BCUT2D eigenvalue weighted by molar-refractivity contribution is 0.0949. The van der Waals surface area contributed by atoms with Gasteiger partial charge in [-0.1, -0.05) is 43.1 Å². The number of carbonyl (C=O) groups excluding carboxylic acids is 1. The third-order valence-electron chi connectivity index (χ3n) is 2.80. The number of carbonyl (C=O) groups is 1. The van der Waals surface area contributed by atoms with Gasteiger partial charge in [0.25, 0.3) is 5.91 Å². The summed E-state index contributed by atoms with van der Waals surface area (Å²) in [6.45, 7) is 7.58. The molecule has 3 nitrogen and oxygen atoms in total. The lowest BCUT2D eigenvalue weighted by Crippen LogP contribution is -2.34. The van der Waals surface area contributed by atoms with Gasteiger partial charge in [-0.3, -0.25) is 4.79 Å². The molecule has 0 unspecified atom stereocenters. The van der Waals surface area contributed by atoms with Crippen LogP contribution in [0.5, 0.6) is 0 Å². The molecule has 100 valence electrons. The number of amides is 1. The van der Waals surface area contributed by atoms with Gasteiger partial charge in [0.1, 0.15) is 0 Å². The largest absolute Gasteiger partial charge is 0.351 e. The van der Waals surface area contributed by atoms with Gasteiger partial charge in [0.2, 0.25) is 0 Å². The van der Waals surface area contributed by atoms with Crippen molar-refractivity contribution in [3.05, 3.63) is 33.8 Å². The van der Waals surface area contributed by atoms with Crippen LogP contribution in [0, 0.1) is 0 Å². The number of halogens is 2. The summed E-state index contributed by atoms with van der Waals surface area (Å²) in [7, 11) is 0. The fourth-order valence-electron chi connectivity index (χ4n) is 1.64. The van der Waals surface area contributed by atoms with Crippen molar-refractivity contribution in [2.24, 2.45) is 0 Å². The van der Waals surface area contributed by atoms with Crippen molar-refractivity contribution in [1.82, 2.24) is 10.2 Å². The van der Waals surface area contributed by atoms with E-state index in [1.807, 2.05) is 0 Å². The zero-order chi connectivity index (χ0) is 13.5. The van der Waals surface area contributed by atoms with Gasteiger partial charge in [0.05, 0.1) is 15.6 Å². The Morgan fingerprint density at radius 1 is 1.28 bits per heavy atom. The molecular formula is C13H18Cl2N2O. The van der Waals surface area contributed by atoms with E-state index >= 15 is 0 Å². The molecule has 0 fully saturated rings. The van der Waals surface area contributed by atoms with Gasteiger partial charge in [-0.2, -0.15) is 0 Å². The molecule has 0 saturated heterocycles. The third-order valence-corrected chi connectivity index (χ3v) is 3.62. The molecule has 0 spiro atoms. The van der Waals surface area contributed by atoms with Crippen molar-refractivity contribution in [2.45, 2.75) is 13.8 Å². The van der Waals surface area contributed by atoms with Gasteiger partial charge in [-0.15, -0.1) is 0 Å². The first kappa shape index (κ1) is 15.3. The van der Waals surface area contributed by atoms with Gasteiger partial charge in [-0.25, -0.2) is 0 Å². The molecule has 1 aromatic carbocycles. The highest BCUT2D eigenvalue weighted by Crippen LogP contribution is 2.25. The second-order valence-corrected chi connectivity index (χ2v) is 4.67. The number of likely N-dealkylation sites (N-methyl/N-ethyl adjacent to an activating group) is 1. The maximum atomic E-state index is 11.9. The Hall–Kier alpha value is -0.770. The van der Waals surface area contributed by atoms with Crippen LogP contribution in [0.1, 0.15) is 24.2 Å².